The summed E-state index contributed by atoms with van der Waals surface area (Å²) in [6.07, 6.45) is 0.320. The van der Waals surface area contributed by atoms with Gasteiger partial charge in [0.15, 0.2) is 23.0 Å². The zero-order valence-electron chi connectivity index (χ0n) is 20.0. The quantitative estimate of drug-likeness (QED) is 0.408. The molecule has 186 valence electrons. The first-order valence-corrected chi connectivity index (χ1v) is 11.9. The number of anilines is 2. The number of amides is 1. The molecule has 1 aliphatic heterocycles. The average molecular weight is 508 g/mol. The zero-order valence-corrected chi connectivity index (χ0v) is 20.7. The van der Waals surface area contributed by atoms with Crippen molar-refractivity contribution in [2.24, 2.45) is 0 Å². The second-order valence-electron chi connectivity index (χ2n) is 8.43. The fourth-order valence-electron chi connectivity index (χ4n) is 4.35. The number of hydrogen-bond acceptors (Lipinski definition) is 8. The van der Waals surface area contributed by atoms with Crippen LogP contribution in [0.1, 0.15) is 5.56 Å². The Kier molecular flexibility index (Phi) is 6.51. The fourth-order valence-corrected chi connectivity index (χ4v) is 4.56. The van der Waals surface area contributed by atoms with E-state index in [2.05, 4.69) is 24.8 Å². The topological polar surface area (TPSA) is 122 Å². The van der Waals surface area contributed by atoms with E-state index in [1.54, 1.807) is 20.3 Å². The van der Waals surface area contributed by atoms with Crippen LogP contribution in [0.15, 0.2) is 42.5 Å². The minimum atomic E-state index is 0.0709. The Balaban J connectivity index is 1.35. The van der Waals surface area contributed by atoms with Crippen molar-refractivity contribution in [3.63, 3.8) is 0 Å². The average Bonchev–Trinajstić information content (AvgIpc) is 3.32. The molecule has 1 amide bonds. The molecule has 36 heavy (non-hydrogen) atoms. The maximum atomic E-state index is 12.8. The smallest absolute Gasteiger partial charge is 0.227 e. The number of hydrogen-bond donors (Lipinski definition) is 2. The highest BCUT2D eigenvalue weighted by Crippen LogP contribution is 2.33. The molecule has 10 nitrogen and oxygen atoms in total. The summed E-state index contributed by atoms with van der Waals surface area (Å²) in [5.41, 5.74) is 8.90. The Morgan fingerprint density at radius 1 is 1.03 bits per heavy atom. The van der Waals surface area contributed by atoms with Gasteiger partial charge in [0, 0.05) is 36.8 Å². The van der Waals surface area contributed by atoms with Gasteiger partial charge < -0.3 is 30.0 Å². The van der Waals surface area contributed by atoms with Crippen molar-refractivity contribution in [1.29, 1.82) is 0 Å². The number of carbonyl (C=O) groups is 1. The van der Waals surface area contributed by atoms with Crippen LogP contribution in [0.25, 0.3) is 22.6 Å². The van der Waals surface area contributed by atoms with E-state index < -0.39 is 0 Å². The minimum absolute atomic E-state index is 0.0709. The molecule has 0 atom stereocenters. The number of rotatable bonds is 6. The van der Waals surface area contributed by atoms with Crippen LogP contribution >= 0.6 is 11.6 Å². The van der Waals surface area contributed by atoms with Crippen LogP contribution in [0.5, 0.6) is 11.5 Å². The van der Waals surface area contributed by atoms with Crippen molar-refractivity contribution < 1.29 is 14.3 Å². The number of fused-ring (bicyclic) bond motifs is 1. The number of carbonyl (C=O) groups excluding carboxylic acids is 1. The Morgan fingerprint density at radius 2 is 1.81 bits per heavy atom. The fraction of sp³-hybridized carbons (Fsp3) is 0.280. The number of ether oxygens (including phenoxy) is 2. The van der Waals surface area contributed by atoms with E-state index >= 15 is 0 Å². The van der Waals surface area contributed by atoms with Crippen LogP contribution in [0.3, 0.4) is 0 Å². The number of nitrogens with one attached hydrogen (secondary N) is 1. The molecule has 3 heterocycles. The van der Waals surface area contributed by atoms with Crippen molar-refractivity contribution in [1.82, 2.24) is 24.8 Å². The predicted molar refractivity (Wildman–Crippen MR) is 139 cm³/mol. The summed E-state index contributed by atoms with van der Waals surface area (Å²) < 4.78 is 10.8. The maximum Gasteiger partial charge on any atom is 0.227 e. The molecule has 1 fully saturated rings. The number of methoxy groups -OCH3 is 2. The molecular formula is C25H26ClN7O3. The molecule has 0 spiro atoms. The highest BCUT2D eigenvalue weighted by atomic mass is 35.5. The summed E-state index contributed by atoms with van der Waals surface area (Å²) in [7, 11) is 3.18. The summed E-state index contributed by atoms with van der Waals surface area (Å²) in [6, 6.07) is 12.9. The Morgan fingerprint density at radius 3 is 2.53 bits per heavy atom. The summed E-state index contributed by atoms with van der Waals surface area (Å²) >= 11 is 6.06. The number of nitrogens with two attached hydrogens (primary N) is 1. The second kappa shape index (κ2) is 9.90. The van der Waals surface area contributed by atoms with E-state index in [4.69, 9.17) is 26.8 Å². The summed E-state index contributed by atoms with van der Waals surface area (Å²) in [6.45, 7) is 2.36. The number of imidazole rings is 1. The largest absolute Gasteiger partial charge is 0.493 e. The number of nitrogens with zero attached hydrogens (tertiary/aromatic N) is 5. The first kappa shape index (κ1) is 23.7. The highest BCUT2D eigenvalue weighted by molar-refractivity contribution is 6.30. The molecule has 1 aliphatic rings. The van der Waals surface area contributed by atoms with Crippen LogP contribution in [0.2, 0.25) is 5.02 Å². The maximum absolute atomic E-state index is 12.8. The van der Waals surface area contributed by atoms with Crippen molar-refractivity contribution >= 4 is 40.4 Å². The molecule has 0 bridgehead atoms. The van der Waals surface area contributed by atoms with Gasteiger partial charge in [0.05, 0.1) is 20.6 Å². The minimum Gasteiger partial charge on any atom is -0.493 e. The van der Waals surface area contributed by atoms with Gasteiger partial charge in [-0.15, -0.1) is 0 Å². The van der Waals surface area contributed by atoms with Gasteiger partial charge in [0.2, 0.25) is 11.9 Å². The van der Waals surface area contributed by atoms with Gasteiger partial charge in [-0.3, -0.25) is 4.79 Å². The molecule has 3 N–H and O–H groups in total. The molecule has 2 aromatic carbocycles. The van der Waals surface area contributed by atoms with Crippen LogP contribution in [-0.2, 0) is 11.2 Å². The van der Waals surface area contributed by atoms with Crippen molar-refractivity contribution in [3.8, 4) is 22.9 Å². The number of piperazine rings is 1. The molecule has 2 aromatic heterocycles. The molecule has 1 saturated heterocycles. The van der Waals surface area contributed by atoms with Gasteiger partial charge >= 0.3 is 0 Å². The van der Waals surface area contributed by atoms with Crippen molar-refractivity contribution in [3.05, 3.63) is 53.1 Å². The second-order valence-corrected chi connectivity index (χ2v) is 8.87. The number of aromatic nitrogens is 4. The van der Waals surface area contributed by atoms with Crippen LogP contribution in [0, 0.1) is 0 Å². The molecule has 0 radical (unpaired) electrons. The molecule has 0 unspecified atom stereocenters. The summed E-state index contributed by atoms with van der Waals surface area (Å²) in [4.78, 5) is 33.6. The van der Waals surface area contributed by atoms with Gasteiger partial charge in [-0.05, 0) is 35.9 Å². The molecular weight excluding hydrogens is 482 g/mol. The lowest BCUT2D eigenvalue weighted by atomic mass is 10.1. The van der Waals surface area contributed by atoms with E-state index in [1.807, 2.05) is 41.3 Å². The van der Waals surface area contributed by atoms with E-state index in [0.717, 1.165) is 11.1 Å². The lowest BCUT2D eigenvalue weighted by molar-refractivity contribution is -0.130. The standard InChI is InChI=1S/C25H26ClN7O3/c1-35-18-7-6-16(14-19(18)36-2)22-28-21-23(29-22)30-25(27)31-24(21)33-10-8-32(9-11-33)20(34)13-15-4-3-5-17(26)12-15/h3-7,12,14H,8-11,13H2,1-2H3,(H3,27,28,29,30,31). The summed E-state index contributed by atoms with van der Waals surface area (Å²) in [5.74, 6) is 2.72. The van der Waals surface area contributed by atoms with Crippen LogP contribution in [-0.4, -0.2) is 71.1 Å². The predicted octanol–water partition coefficient (Wildman–Crippen LogP) is 3.16. The van der Waals surface area contributed by atoms with E-state index in [0.29, 0.717) is 71.9 Å². The Labute approximate surface area is 213 Å². The third-order valence-corrected chi connectivity index (χ3v) is 6.42. The van der Waals surface area contributed by atoms with Crippen molar-refractivity contribution in [2.75, 3.05) is 51.0 Å². The lowest BCUT2D eigenvalue weighted by Gasteiger charge is -2.35. The Bertz CT molecular complexity index is 1420. The molecule has 0 saturated carbocycles. The number of nitrogen functional groups attached to an aromatic ring is 1. The molecule has 4 aromatic rings. The molecule has 5 rings (SSSR count). The van der Waals surface area contributed by atoms with Gasteiger partial charge in [-0.25, -0.2) is 4.98 Å². The monoisotopic (exact) mass is 507 g/mol. The van der Waals surface area contributed by atoms with E-state index in [9.17, 15) is 4.79 Å². The molecule has 0 aliphatic carbocycles. The van der Waals surface area contributed by atoms with Gasteiger partial charge in [0.25, 0.3) is 0 Å². The number of benzene rings is 2. The third-order valence-electron chi connectivity index (χ3n) is 6.18. The number of H-pyrrole nitrogens is 1. The summed E-state index contributed by atoms with van der Waals surface area (Å²) in [5, 5.41) is 0.627. The lowest BCUT2D eigenvalue weighted by Crippen LogP contribution is -2.49. The number of aromatic amines is 1. The zero-order chi connectivity index (χ0) is 25.2. The Hall–Kier alpha value is -4.05. The normalized spacial score (nSPS) is 13.8. The van der Waals surface area contributed by atoms with Crippen LogP contribution in [0.4, 0.5) is 11.8 Å². The first-order valence-electron chi connectivity index (χ1n) is 11.5. The first-order chi connectivity index (χ1) is 17.4. The van der Waals surface area contributed by atoms with Crippen LogP contribution < -0.4 is 20.1 Å². The molecule has 11 heteroatoms. The van der Waals surface area contributed by atoms with Gasteiger partial charge in [-0.1, -0.05) is 23.7 Å². The number of halogens is 1. The van der Waals surface area contributed by atoms with Gasteiger partial charge in [0.1, 0.15) is 11.3 Å². The highest BCUT2D eigenvalue weighted by Gasteiger charge is 2.25. The third kappa shape index (κ3) is 4.72. The van der Waals surface area contributed by atoms with Gasteiger partial charge in [-0.2, -0.15) is 9.97 Å². The SMILES string of the molecule is COc1ccc(-c2nc3nc(N)nc(N4CCN(C(=O)Cc5cccc(Cl)c5)CC4)c3[nH]2)cc1OC. The van der Waals surface area contributed by atoms with Crippen molar-refractivity contribution in [2.45, 2.75) is 6.42 Å². The van der Waals surface area contributed by atoms with E-state index in [-0.39, 0.29) is 11.9 Å². The van der Waals surface area contributed by atoms with E-state index in [1.165, 1.54) is 0 Å².